The van der Waals surface area contributed by atoms with Gasteiger partial charge in [0.15, 0.2) is 0 Å². The molecule has 1 unspecified atom stereocenters. The molecule has 82 valence electrons. The van der Waals surface area contributed by atoms with Crippen molar-refractivity contribution in [3.63, 3.8) is 0 Å². The Kier molecular flexibility index (Phi) is 2.59. The Morgan fingerprint density at radius 1 is 1.00 bits per heavy atom. The largest absolute Gasteiger partial charge is 0.257 e. The van der Waals surface area contributed by atoms with Crippen LogP contribution in [0, 0.1) is 0 Å². The number of nitrogens with zero attached hydrogens (tertiary/aromatic N) is 1. The quantitative estimate of drug-likeness (QED) is 0.746. The van der Waals surface area contributed by atoms with Crippen LogP contribution in [0.1, 0.15) is 22.7 Å². The fourth-order valence-corrected chi connectivity index (χ4v) is 2.12. The molecule has 1 aromatic heterocycles. The number of benzene rings is 1. The van der Waals surface area contributed by atoms with E-state index < -0.39 is 0 Å². The summed E-state index contributed by atoms with van der Waals surface area (Å²) in [5, 5.41) is 0. The van der Waals surface area contributed by atoms with Crippen molar-refractivity contribution >= 4 is 12.2 Å². The number of allylic oxidation sites excluding steroid dienone is 2. The Morgan fingerprint density at radius 2 is 1.88 bits per heavy atom. The predicted molar refractivity (Wildman–Crippen MR) is 71.5 cm³/mol. The third-order valence-electron chi connectivity index (χ3n) is 3.00. The van der Waals surface area contributed by atoms with Gasteiger partial charge in [0.25, 0.3) is 0 Å². The van der Waals surface area contributed by atoms with E-state index >= 15 is 0 Å². The van der Waals surface area contributed by atoms with E-state index in [4.69, 9.17) is 0 Å². The summed E-state index contributed by atoms with van der Waals surface area (Å²) < 4.78 is 0. The van der Waals surface area contributed by atoms with E-state index in [1.807, 2.05) is 24.4 Å². The number of hydrogen-bond acceptors (Lipinski definition) is 1. The molecule has 3 rings (SSSR count). The summed E-state index contributed by atoms with van der Waals surface area (Å²) in [4.78, 5) is 4.28. The summed E-state index contributed by atoms with van der Waals surface area (Å²) in [5.74, 6) is 0.383. The molecule has 0 amide bonds. The summed E-state index contributed by atoms with van der Waals surface area (Å²) in [5.41, 5.74) is 3.70. The molecular weight excluding hydrogens is 206 g/mol. The summed E-state index contributed by atoms with van der Waals surface area (Å²) in [7, 11) is 0. The van der Waals surface area contributed by atoms with Gasteiger partial charge in [0.05, 0.1) is 5.69 Å². The minimum absolute atomic E-state index is 0.383. The molecule has 2 aromatic rings. The molecule has 0 spiro atoms. The van der Waals surface area contributed by atoms with Crippen molar-refractivity contribution in [3.05, 3.63) is 77.6 Å². The van der Waals surface area contributed by atoms with Crippen LogP contribution in [0.15, 0.2) is 60.8 Å². The van der Waals surface area contributed by atoms with Crippen LogP contribution >= 0.6 is 0 Å². The second-order valence-corrected chi connectivity index (χ2v) is 4.13. The van der Waals surface area contributed by atoms with E-state index in [2.05, 4.69) is 53.6 Å². The second kappa shape index (κ2) is 4.38. The van der Waals surface area contributed by atoms with Gasteiger partial charge < -0.3 is 0 Å². The topological polar surface area (TPSA) is 12.9 Å². The molecule has 0 radical (unpaired) electrons. The zero-order valence-electron chi connectivity index (χ0n) is 9.45. The van der Waals surface area contributed by atoms with Gasteiger partial charge in [0.1, 0.15) is 0 Å². The van der Waals surface area contributed by atoms with Crippen molar-refractivity contribution in [1.29, 1.82) is 0 Å². The molecule has 1 aliphatic rings. The Labute approximate surface area is 101 Å². The van der Waals surface area contributed by atoms with Crippen LogP contribution in [0.25, 0.3) is 12.2 Å². The number of fused-ring (bicyclic) bond motifs is 1. The molecule has 1 atom stereocenters. The molecule has 1 heterocycles. The lowest BCUT2D eigenvalue weighted by molar-refractivity contribution is 1.12. The fourth-order valence-electron chi connectivity index (χ4n) is 2.12. The van der Waals surface area contributed by atoms with Crippen LogP contribution in [-0.4, -0.2) is 4.98 Å². The summed E-state index contributed by atoms with van der Waals surface area (Å²) in [6, 6.07) is 14.5. The second-order valence-electron chi connectivity index (χ2n) is 4.13. The summed E-state index contributed by atoms with van der Waals surface area (Å²) >= 11 is 0. The standard InChI is InChI=1S/C16H13N/c1-2-7-16-13(5-1)8-9-14(16)10-11-15-6-3-4-12-17-15/h1-12,14H. The van der Waals surface area contributed by atoms with Crippen LogP contribution in [0.3, 0.4) is 0 Å². The van der Waals surface area contributed by atoms with E-state index in [0.29, 0.717) is 5.92 Å². The molecule has 1 nitrogen and oxygen atoms in total. The van der Waals surface area contributed by atoms with Gasteiger partial charge in [-0.15, -0.1) is 0 Å². The Balaban J connectivity index is 1.85. The fraction of sp³-hybridized carbons (Fsp3) is 0.0625. The number of hydrogen-bond donors (Lipinski definition) is 0. The average molecular weight is 219 g/mol. The SMILES string of the molecule is C(=CC1C=Cc2ccccc21)c1ccccn1. The molecule has 0 N–H and O–H groups in total. The van der Waals surface area contributed by atoms with Gasteiger partial charge in [-0.05, 0) is 29.3 Å². The highest BCUT2D eigenvalue weighted by Gasteiger charge is 2.12. The van der Waals surface area contributed by atoms with E-state index in [1.165, 1.54) is 11.1 Å². The third kappa shape index (κ3) is 2.04. The maximum absolute atomic E-state index is 4.28. The maximum atomic E-state index is 4.28. The van der Waals surface area contributed by atoms with Crippen molar-refractivity contribution in [1.82, 2.24) is 4.98 Å². The molecule has 1 aliphatic carbocycles. The van der Waals surface area contributed by atoms with Crippen molar-refractivity contribution < 1.29 is 0 Å². The van der Waals surface area contributed by atoms with Crippen LogP contribution in [-0.2, 0) is 0 Å². The monoisotopic (exact) mass is 219 g/mol. The molecule has 0 saturated carbocycles. The lowest BCUT2D eigenvalue weighted by Crippen LogP contribution is -1.88. The van der Waals surface area contributed by atoms with Gasteiger partial charge in [-0.25, -0.2) is 0 Å². The number of rotatable bonds is 2. The smallest absolute Gasteiger partial charge is 0.0626 e. The minimum atomic E-state index is 0.383. The maximum Gasteiger partial charge on any atom is 0.0626 e. The minimum Gasteiger partial charge on any atom is -0.257 e. The van der Waals surface area contributed by atoms with Crippen molar-refractivity contribution in [2.24, 2.45) is 0 Å². The molecule has 1 heteroatoms. The highest BCUT2D eigenvalue weighted by atomic mass is 14.6. The van der Waals surface area contributed by atoms with E-state index in [9.17, 15) is 0 Å². The molecule has 1 aromatic carbocycles. The van der Waals surface area contributed by atoms with Gasteiger partial charge >= 0.3 is 0 Å². The lowest BCUT2D eigenvalue weighted by Gasteiger charge is -2.04. The predicted octanol–water partition coefficient (Wildman–Crippen LogP) is 3.91. The molecule has 0 bridgehead atoms. The molecule has 0 fully saturated rings. The van der Waals surface area contributed by atoms with Gasteiger partial charge in [0.2, 0.25) is 0 Å². The Hall–Kier alpha value is -2.15. The van der Waals surface area contributed by atoms with Crippen LogP contribution < -0.4 is 0 Å². The summed E-state index contributed by atoms with van der Waals surface area (Å²) in [6.07, 6.45) is 10.5. The number of aromatic nitrogens is 1. The van der Waals surface area contributed by atoms with Gasteiger partial charge in [-0.2, -0.15) is 0 Å². The van der Waals surface area contributed by atoms with Gasteiger partial charge in [0, 0.05) is 12.1 Å². The first-order valence-corrected chi connectivity index (χ1v) is 5.80. The van der Waals surface area contributed by atoms with Gasteiger partial charge in [-0.3, -0.25) is 4.98 Å². The highest BCUT2D eigenvalue weighted by Crippen LogP contribution is 2.30. The van der Waals surface area contributed by atoms with Crippen molar-refractivity contribution in [2.45, 2.75) is 5.92 Å². The molecule has 0 saturated heterocycles. The Bertz CT molecular complexity index is 567. The van der Waals surface area contributed by atoms with Crippen LogP contribution in [0.2, 0.25) is 0 Å². The molecule has 17 heavy (non-hydrogen) atoms. The zero-order valence-corrected chi connectivity index (χ0v) is 9.45. The van der Waals surface area contributed by atoms with Crippen molar-refractivity contribution in [2.75, 3.05) is 0 Å². The van der Waals surface area contributed by atoms with Crippen LogP contribution in [0.4, 0.5) is 0 Å². The van der Waals surface area contributed by atoms with Crippen LogP contribution in [0.5, 0.6) is 0 Å². The molecule has 0 aliphatic heterocycles. The number of pyridine rings is 1. The lowest BCUT2D eigenvalue weighted by atomic mass is 10.0. The van der Waals surface area contributed by atoms with Crippen molar-refractivity contribution in [3.8, 4) is 0 Å². The van der Waals surface area contributed by atoms with E-state index in [1.54, 1.807) is 0 Å². The first-order valence-electron chi connectivity index (χ1n) is 5.80. The van der Waals surface area contributed by atoms with E-state index in [0.717, 1.165) is 5.69 Å². The third-order valence-corrected chi connectivity index (χ3v) is 3.00. The normalized spacial score (nSPS) is 17.5. The highest BCUT2D eigenvalue weighted by molar-refractivity contribution is 5.65. The zero-order chi connectivity index (χ0) is 11.5. The summed E-state index contributed by atoms with van der Waals surface area (Å²) in [6.45, 7) is 0. The molecular formula is C16H13N. The van der Waals surface area contributed by atoms with E-state index in [-0.39, 0.29) is 0 Å². The first-order chi connectivity index (χ1) is 8.43. The van der Waals surface area contributed by atoms with Gasteiger partial charge in [-0.1, -0.05) is 48.6 Å². The Morgan fingerprint density at radius 3 is 2.76 bits per heavy atom. The first kappa shape index (κ1) is 10.0. The average Bonchev–Trinajstić information content (AvgIpc) is 2.81.